The van der Waals surface area contributed by atoms with Crippen LogP contribution in [0.3, 0.4) is 0 Å². The number of nitro groups is 1. The van der Waals surface area contributed by atoms with Gasteiger partial charge in [-0.05, 0) is 18.4 Å². The third kappa shape index (κ3) is 3.49. The van der Waals surface area contributed by atoms with Crippen molar-refractivity contribution in [2.45, 2.75) is 20.3 Å². The summed E-state index contributed by atoms with van der Waals surface area (Å²) in [6.45, 7) is 4.73. The molecule has 0 spiro atoms. The van der Waals surface area contributed by atoms with Crippen LogP contribution < -0.4 is 5.32 Å². The van der Waals surface area contributed by atoms with Crippen LogP contribution >= 0.6 is 0 Å². The zero-order chi connectivity index (χ0) is 12.1. The van der Waals surface area contributed by atoms with Gasteiger partial charge in [-0.2, -0.15) is 0 Å². The summed E-state index contributed by atoms with van der Waals surface area (Å²) in [6, 6.07) is 3.48. The van der Waals surface area contributed by atoms with Gasteiger partial charge in [0, 0.05) is 18.7 Å². The molecule has 0 aliphatic carbocycles. The van der Waals surface area contributed by atoms with Gasteiger partial charge in [0.15, 0.2) is 0 Å². The number of nitro benzene ring substituents is 1. The molecule has 0 heterocycles. The van der Waals surface area contributed by atoms with Crippen LogP contribution in [0, 0.1) is 21.8 Å². The summed E-state index contributed by atoms with van der Waals surface area (Å²) < 4.78 is 13.3. The van der Waals surface area contributed by atoms with Crippen LogP contribution in [0.2, 0.25) is 0 Å². The molecule has 0 radical (unpaired) electrons. The molecule has 88 valence electrons. The molecule has 0 unspecified atom stereocenters. The Morgan fingerprint density at radius 2 is 2.19 bits per heavy atom. The van der Waals surface area contributed by atoms with Gasteiger partial charge in [0.05, 0.1) is 10.6 Å². The van der Waals surface area contributed by atoms with Crippen LogP contribution in [-0.4, -0.2) is 11.5 Å². The van der Waals surface area contributed by atoms with Gasteiger partial charge in [-0.3, -0.25) is 10.1 Å². The summed E-state index contributed by atoms with van der Waals surface area (Å²) in [4.78, 5) is 9.97. The molecule has 0 atom stereocenters. The summed E-state index contributed by atoms with van der Waals surface area (Å²) >= 11 is 0. The first-order valence-corrected chi connectivity index (χ1v) is 5.18. The second kappa shape index (κ2) is 5.44. The number of anilines is 1. The molecule has 4 nitrogen and oxygen atoms in total. The van der Waals surface area contributed by atoms with Gasteiger partial charge in [-0.15, -0.1) is 0 Å². The first kappa shape index (κ1) is 12.4. The normalized spacial score (nSPS) is 10.5. The molecule has 5 heteroatoms. The molecule has 1 aromatic rings. The van der Waals surface area contributed by atoms with Crippen molar-refractivity contribution in [3.8, 4) is 0 Å². The Morgan fingerprint density at radius 1 is 1.50 bits per heavy atom. The number of rotatable bonds is 5. The zero-order valence-electron chi connectivity index (χ0n) is 9.37. The third-order valence-corrected chi connectivity index (χ3v) is 2.20. The highest BCUT2D eigenvalue weighted by atomic mass is 19.1. The Kier molecular flexibility index (Phi) is 4.22. The van der Waals surface area contributed by atoms with Crippen molar-refractivity contribution >= 4 is 11.4 Å². The number of non-ortho nitro benzene ring substituents is 1. The molecule has 1 N–H and O–H groups in total. The maximum atomic E-state index is 13.3. The van der Waals surface area contributed by atoms with Crippen LogP contribution in [0.4, 0.5) is 15.8 Å². The van der Waals surface area contributed by atoms with Crippen LogP contribution in [0.5, 0.6) is 0 Å². The van der Waals surface area contributed by atoms with Gasteiger partial charge in [0.2, 0.25) is 0 Å². The molecule has 0 bridgehead atoms. The van der Waals surface area contributed by atoms with Crippen molar-refractivity contribution in [3.63, 3.8) is 0 Å². The van der Waals surface area contributed by atoms with E-state index in [-0.39, 0.29) is 11.4 Å². The van der Waals surface area contributed by atoms with E-state index < -0.39 is 10.7 Å². The molecule has 0 aliphatic rings. The average molecular weight is 226 g/mol. The zero-order valence-corrected chi connectivity index (χ0v) is 9.37. The van der Waals surface area contributed by atoms with Gasteiger partial charge in [0.1, 0.15) is 5.82 Å². The Morgan fingerprint density at radius 3 is 2.75 bits per heavy atom. The molecule has 0 fully saturated rings. The number of nitrogens with zero attached hydrogens (tertiary/aromatic N) is 1. The smallest absolute Gasteiger partial charge is 0.271 e. The minimum atomic E-state index is -0.535. The van der Waals surface area contributed by atoms with E-state index in [1.54, 1.807) is 0 Å². The van der Waals surface area contributed by atoms with Crippen molar-refractivity contribution in [1.82, 2.24) is 0 Å². The maximum Gasteiger partial charge on any atom is 0.271 e. The fourth-order valence-electron chi connectivity index (χ4n) is 1.26. The van der Waals surface area contributed by atoms with Crippen molar-refractivity contribution in [1.29, 1.82) is 0 Å². The summed E-state index contributed by atoms with van der Waals surface area (Å²) in [5.74, 6) is 0.0450. The first-order chi connectivity index (χ1) is 7.50. The monoisotopic (exact) mass is 226 g/mol. The fraction of sp³-hybridized carbons (Fsp3) is 0.455. The molecule has 0 saturated heterocycles. The quantitative estimate of drug-likeness (QED) is 0.619. The summed E-state index contributed by atoms with van der Waals surface area (Å²) in [5.41, 5.74) is 0.0864. The number of benzene rings is 1. The summed E-state index contributed by atoms with van der Waals surface area (Å²) in [5, 5.41) is 13.4. The van der Waals surface area contributed by atoms with Gasteiger partial charge in [-0.1, -0.05) is 13.8 Å². The molecule has 0 saturated carbocycles. The van der Waals surface area contributed by atoms with Crippen molar-refractivity contribution in [2.24, 2.45) is 5.92 Å². The number of halogens is 1. The van der Waals surface area contributed by atoms with E-state index in [1.165, 1.54) is 6.07 Å². The Balaban J connectivity index is 2.70. The van der Waals surface area contributed by atoms with Crippen molar-refractivity contribution in [3.05, 3.63) is 34.1 Å². The molecular weight excluding hydrogens is 211 g/mol. The van der Waals surface area contributed by atoms with E-state index >= 15 is 0 Å². The highest BCUT2D eigenvalue weighted by Gasteiger charge is 2.10. The minimum absolute atomic E-state index is 0.103. The second-order valence-electron chi connectivity index (χ2n) is 4.03. The van der Waals surface area contributed by atoms with E-state index in [1.807, 2.05) is 0 Å². The Hall–Kier alpha value is -1.65. The first-order valence-electron chi connectivity index (χ1n) is 5.18. The van der Waals surface area contributed by atoms with E-state index in [2.05, 4.69) is 19.2 Å². The van der Waals surface area contributed by atoms with Gasteiger partial charge in [0.25, 0.3) is 5.69 Å². The van der Waals surface area contributed by atoms with E-state index in [0.717, 1.165) is 18.6 Å². The molecule has 0 amide bonds. The van der Waals surface area contributed by atoms with E-state index in [9.17, 15) is 14.5 Å². The van der Waals surface area contributed by atoms with Crippen LogP contribution in [0.15, 0.2) is 18.2 Å². The lowest BCUT2D eigenvalue weighted by atomic mass is 10.1. The summed E-state index contributed by atoms with van der Waals surface area (Å²) in [6.07, 6.45) is 0.891. The molecule has 1 rings (SSSR count). The standard InChI is InChI=1S/C11H15FN2O2/c1-8(2)5-6-13-11-7-9(14(15)16)3-4-10(11)12/h3-4,7-8,13H,5-6H2,1-2H3. The predicted molar refractivity (Wildman–Crippen MR) is 61.0 cm³/mol. The topological polar surface area (TPSA) is 55.2 Å². The molecule has 16 heavy (non-hydrogen) atoms. The molecule has 0 aromatic heterocycles. The number of nitrogens with one attached hydrogen (secondary N) is 1. The minimum Gasteiger partial charge on any atom is -0.382 e. The van der Waals surface area contributed by atoms with Gasteiger partial charge < -0.3 is 5.32 Å². The average Bonchev–Trinajstić information content (AvgIpc) is 2.20. The lowest BCUT2D eigenvalue weighted by molar-refractivity contribution is -0.384. The molecule has 0 aliphatic heterocycles. The summed E-state index contributed by atoms with van der Waals surface area (Å²) in [7, 11) is 0. The fourth-order valence-corrected chi connectivity index (χ4v) is 1.26. The van der Waals surface area contributed by atoms with Crippen molar-refractivity contribution in [2.75, 3.05) is 11.9 Å². The maximum absolute atomic E-state index is 13.3. The van der Waals surface area contributed by atoms with E-state index in [4.69, 9.17) is 0 Å². The van der Waals surface area contributed by atoms with Crippen LogP contribution in [0.25, 0.3) is 0 Å². The second-order valence-corrected chi connectivity index (χ2v) is 4.03. The SMILES string of the molecule is CC(C)CCNc1cc([N+](=O)[O-])ccc1F. The lowest BCUT2D eigenvalue weighted by Gasteiger charge is -2.08. The molecule has 1 aromatic carbocycles. The largest absolute Gasteiger partial charge is 0.382 e. The predicted octanol–water partition coefficient (Wildman–Crippen LogP) is 3.19. The van der Waals surface area contributed by atoms with Gasteiger partial charge >= 0.3 is 0 Å². The van der Waals surface area contributed by atoms with Crippen LogP contribution in [0.1, 0.15) is 20.3 Å². The van der Waals surface area contributed by atoms with E-state index in [0.29, 0.717) is 12.5 Å². The van der Waals surface area contributed by atoms with Crippen LogP contribution in [-0.2, 0) is 0 Å². The highest BCUT2D eigenvalue weighted by molar-refractivity contribution is 5.52. The molecular formula is C11H15FN2O2. The number of hydrogen-bond acceptors (Lipinski definition) is 3. The third-order valence-electron chi connectivity index (χ3n) is 2.20. The van der Waals surface area contributed by atoms with Crippen molar-refractivity contribution < 1.29 is 9.31 Å². The highest BCUT2D eigenvalue weighted by Crippen LogP contribution is 2.21. The number of hydrogen-bond donors (Lipinski definition) is 1. The Labute approximate surface area is 93.6 Å². The Bertz CT molecular complexity index is 380. The lowest BCUT2D eigenvalue weighted by Crippen LogP contribution is -2.06. The van der Waals surface area contributed by atoms with Gasteiger partial charge in [-0.25, -0.2) is 4.39 Å².